The average Bonchev–Trinajstić information content (AvgIpc) is 3.45. The normalized spacial score (nSPS) is 27.8. The summed E-state index contributed by atoms with van der Waals surface area (Å²) >= 11 is 0. The number of rotatable bonds is 8. The van der Waals surface area contributed by atoms with Crippen LogP contribution in [0.3, 0.4) is 0 Å². The number of nitrogens with one attached hydrogen (secondary N) is 1. The number of carbonyl (C=O) groups excluding carboxylic acids is 1. The Morgan fingerprint density at radius 1 is 1.19 bits per heavy atom. The monoisotopic (exact) mass is 519 g/mol. The number of aliphatic hydroxyl groups excluding tert-OH is 1. The van der Waals surface area contributed by atoms with E-state index in [0.717, 1.165) is 30.6 Å². The second-order valence-corrected chi connectivity index (χ2v) is 11.7. The highest BCUT2D eigenvalue weighted by molar-refractivity contribution is 5.81. The van der Waals surface area contributed by atoms with Gasteiger partial charge in [-0.2, -0.15) is 0 Å². The van der Waals surface area contributed by atoms with Gasteiger partial charge in [-0.25, -0.2) is 4.39 Å². The van der Waals surface area contributed by atoms with Crippen LogP contribution in [0.25, 0.3) is 0 Å². The topological polar surface area (TPSA) is 83.5 Å². The molecule has 5 rings (SSSR count). The number of benzene rings is 1. The first kappa shape index (κ1) is 26.8. The van der Waals surface area contributed by atoms with Gasteiger partial charge in [-0.1, -0.05) is 46.0 Å². The van der Waals surface area contributed by atoms with Crippen LogP contribution in [0.4, 0.5) is 10.1 Å². The maximum atomic E-state index is 14.0. The van der Waals surface area contributed by atoms with Crippen LogP contribution in [0.2, 0.25) is 0 Å². The molecule has 3 aliphatic heterocycles. The zero-order valence-corrected chi connectivity index (χ0v) is 22.2. The van der Waals surface area contributed by atoms with E-state index in [0.29, 0.717) is 51.9 Å². The van der Waals surface area contributed by atoms with Crippen LogP contribution >= 0.6 is 0 Å². The molecule has 4 atom stereocenters. The molecule has 0 spiro atoms. The molecule has 2 unspecified atom stereocenters. The molecule has 0 bridgehead atoms. The molecule has 1 aromatic rings. The van der Waals surface area contributed by atoms with Gasteiger partial charge in [0, 0.05) is 30.7 Å². The van der Waals surface area contributed by atoms with Gasteiger partial charge in [-0.3, -0.25) is 10.1 Å². The van der Waals surface area contributed by atoms with Gasteiger partial charge in [-0.05, 0) is 36.1 Å². The zero-order chi connectivity index (χ0) is 26.0. The highest BCUT2D eigenvalue weighted by Gasteiger charge is 2.43. The van der Waals surface area contributed by atoms with Crippen LogP contribution in [-0.2, 0) is 24.4 Å². The SMILES string of the molecule is CC1(C)CN([C@H]2COCC2NC(O)O[C@@H](CC2CCCCC2)C(=O)N2CCOCC2)c2ccc(F)cc21. The largest absolute Gasteiger partial charge is 0.378 e. The highest BCUT2D eigenvalue weighted by Crippen LogP contribution is 2.42. The lowest BCUT2D eigenvalue weighted by Gasteiger charge is -2.35. The Morgan fingerprint density at radius 3 is 2.70 bits per heavy atom. The molecule has 1 aliphatic carbocycles. The quantitative estimate of drug-likeness (QED) is 0.511. The van der Waals surface area contributed by atoms with E-state index in [4.69, 9.17) is 14.2 Å². The van der Waals surface area contributed by atoms with Gasteiger partial charge in [0.15, 0.2) is 0 Å². The number of nitrogens with zero attached hydrogens (tertiary/aromatic N) is 2. The van der Waals surface area contributed by atoms with E-state index in [2.05, 4.69) is 24.1 Å². The Kier molecular flexibility index (Phi) is 8.36. The lowest BCUT2D eigenvalue weighted by molar-refractivity contribution is -0.185. The van der Waals surface area contributed by atoms with Gasteiger partial charge < -0.3 is 29.1 Å². The predicted octanol–water partition coefficient (Wildman–Crippen LogP) is 2.77. The fraction of sp³-hybridized carbons (Fsp3) is 0.750. The van der Waals surface area contributed by atoms with Crippen molar-refractivity contribution in [2.75, 3.05) is 51.0 Å². The summed E-state index contributed by atoms with van der Waals surface area (Å²) in [4.78, 5) is 17.5. The van der Waals surface area contributed by atoms with Crippen molar-refractivity contribution in [1.82, 2.24) is 10.2 Å². The predicted molar refractivity (Wildman–Crippen MR) is 138 cm³/mol. The van der Waals surface area contributed by atoms with Crippen LogP contribution in [-0.4, -0.2) is 86.6 Å². The molecule has 0 aromatic heterocycles. The average molecular weight is 520 g/mol. The molecule has 3 heterocycles. The van der Waals surface area contributed by atoms with Crippen molar-refractivity contribution in [2.24, 2.45) is 5.92 Å². The number of ether oxygens (including phenoxy) is 3. The molecule has 0 radical (unpaired) electrons. The number of anilines is 1. The summed E-state index contributed by atoms with van der Waals surface area (Å²) in [6, 6.07) is 4.71. The minimum Gasteiger partial charge on any atom is -0.378 e. The molecular formula is C28H42FN3O5. The van der Waals surface area contributed by atoms with Gasteiger partial charge in [-0.15, -0.1) is 0 Å². The van der Waals surface area contributed by atoms with Crippen molar-refractivity contribution in [3.05, 3.63) is 29.6 Å². The number of carbonyl (C=O) groups is 1. The van der Waals surface area contributed by atoms with Crippen LogP contribution < -0.4 is 10.2 Å². The highest BCUT2D eigenvalue weighted by atomic mass is 19.1. The smallest absolute Gasteiger partial charge is 0.252 e. The molecule has 3 fully saturated rings. The molecule has 2 N–H and O–H groups in total. The summed E-state index contributed by atoms with van der Waals surface area (Å²) in [7, 11) is 0. The number of hydrogen-bond donors (Lipinski definition) is 2. The van der Waals surface area contributed by atoms with E-state index in [1.165, 1.54) is 25.3 Å². The lowest BCUT2D eigenvalue weighted by atomic mass is 9.85. The zero-order valence-electron chi connectivity index (χ0n) is 22.2. The summed E-state index contributed by atoms with van der Waals surface area (Å²) in [5.41, 5.74) is 1.79. The summed E-state index contributed by atoms with van der Waals surface area (Å²) in [5.74, 6) is 0.136. The van der Waals surface area contributed by atoms with Crippen LogP contribution in [0.1, 0.15) is 57.9 Å². The second-order valence-electron chi connectivity index (χ2n) is 11.7. The Labute approximate surface area is 219 Å². The first-order valence-corrected chi connectivity index (χ1v) is 13.9. The molecule has 2 saturated heterocycles. The number of fused-ring (bicyclic) bond motifs is 1. The third kappa shape index (κ3) is 6.11. The summed E-state index contributed by atoms with van der Waals surface area (Å²) < 4.78 is 31.3. The van der Waals surface area contributed by atoms with Crippen molar-refractivity contribution >= 4 is 11.6 Å². The third-order valence-corrected chi connectivity index (χ3v) is 8.53. The fourth-order valence-corrected chi connectivity index (χ4v) is 6.51. The number of aliphatic hydroxyl groups is 1. The van der Waals surface area contributed by atoms with Gasteiger partial charge in [0.1, 0.15) is 11.9 Å². The fourth-order valence-electron chi connectivity index (χ4n) is 6.51. The molecule has 9 heteroatoms. The molecule has 1 aromatic carbocycles. The summed E-state index contributed by atoms with van der Waals surface area (Å²) in [6.07, 6.45) is 4.45. The molecule has 206 valence electrons. The first-order valence-electron chi connectivity index (χ1n) is 13.9. The van der Waals surface area contributed by atoms with E-state index in [1.807, 2.05) is 6.07 Å². The van der Waals surface area contributed by atoms with Crippen LogP contribution in [0, 0.1) is 11.7 Å². The third-order valence-electron chi connectivity index (χ3n) is 8.53. The van der Waals surface area contributed by atoms with Gasteiger partial charge in [0.25, 0.3) is 5.91 Å². The maximum Gasteiger partial charge on any atom is 0.252 e. The Morgan fingerprint density at radius 2 is 1.95 bits per heavy atom. The molecule has 4 aliphatic rings. The number of amides is 1. The number of morpholine rings is 1. The van der Waals surface area contributed by atoms with Crippen molar-refractivity contribution in [2.45, 2.75) is 82.4 Å². The minimum absolute atomic E-state index is 0.0454. The first-order chi connectivity index (χ1) is 17.8. The van der Waals surface area contributed by atoms with Crippen molar-refractivity contribution < 1.29 is 28.5 Å². The standard InChI is InChI=1S/C28H42FN3O5/c1-28(2)18-32(23-9-8-20(29)15-21(23)28)24-17-36-16-22(24)30-27(34)37-25(14-19-6-4-3-5-7-19)26(33)31-10-12-35-13-11-31/h8-9,15,19,22,24-25,27,30,34H,3-7,10-14,16-18H2,1-2H3/t22?,24-,25-,27?/m0/s1. The maximum absolute atomic E-state index is 14.0. The molecule has 1 saturated carbocycles. The van der Waals surface area contributed by atoms with E-state index in [9.17, 15) is 14.3 Å². The molecule has 37 heavy (non-hydrogen) atoms. The number of halogens is 1. The molecular weight excluding hydrogens is 477 g/mol. The van der Waals surface area contributed by atoms with Gasteiger partial charge in [0.2, 0.25) is 6.41 Å². The van der Waals surface area contributed by atoms with Crippen molar-refractivity contribution in [3.8, 4) is 0 Å². The Hall–Kier alpha value is -1.78. The lowest BCUT2D eigenvalue weighted by Crippen LogP contribution is -2.55. The van der Waals surface area contributed by atoms with Gasteiger partial charge >= 0.3 is 0 Å². The number of hydrogen-bond acceptors (Lipinski definition) is 7. The summed E-state index contributed by atoms with van der Waals surface area (Å²) in [6.45, 7) is 8.05. The minimum atomic E-state index is -1.30. The van der Waals surface area contributed by atoms with Crippen molar-refractivity contribution in [3.63, 3.8) is 0 Å². The summed E-state index contributed by atoms with van der Waals surface area (Å²) in [5, 5.41) is 14.2. The van der Waals surface area contributed by atoms with Crippen LogP contribution in [0.5, 0.6) is 0 Å². The molecule has 8 nitrogen and oxygen atoms in total. The van der Waals surface area contributed by atoms with E-state index >= 15 is 0 Å². The molecule has 1 amide bonds. The Balaban J connectivity index is 1.25. The van der Waals surface area contributed by atoms with E-state index < -0.39 is 12.5 Å². The Bertz CT molecular complexity index is 934. The second kappa shape index (κ2) is 11.5. The van der Waals surface area contributed by atoms with Gasteiger partial charge in [0.05, 0.1) is 38.5 Å². The van der Waals surface area contributed by atoms with Crippen molar-refractivity contribution in [1.29, 1.82) is 0 Å². The van der Waals surface area contributed by atoms with E-state index in [-0.39, 0.29) is 29.2 Å². The van der Waals surface area contributed by atoms with Crippen LogP contribution in [0.15, 0.2) is 18.2 Å². The van der Waals surface area contributed by atoms with E-state index in [1.54, 1.807) is 11.0 Å².